The first-order valence-corrected chi connectivity index (χ1v) is 6.99. The van der Waals surface area contributed by atoms with Gasteiger partial charge in [-0.2, -0.15) is 0 Å². The van der Waals surface area contributed by atoms with Crippen LogP contribution >= 0.6 is 27.7 Å². The highest BCUT2D eigenvalue weighted by Gasteiger charge is 2.11. The van der Waals surface area contributed by atoms with Crippen molar-refractivity contribution in [1.29, 1.82) is 0 Å². The molecule has 0 saturated heterocycles. The second-order valence-electron chi connectivity index (χ2n) is 3.59. The Labute approximate surface area is 114 Å². The summed E-state index contributed by atoms with van der Waals surface area (Å²) in [4.78, 5) is 5.34. The van der Waals surface area contributed by atoms with E-state index in [0.717, 1.165) is 4.47 Å². The molecule has 1 unspecified atom stereocenters. The lowest BCUT2D eigenvalue weighted by atomic mass is 10.2. The second-order valence-corrected chi connectivity index (χ2v) is 5.78. The normalized spacial score (nSPS) is 12.4. The van der Waals surface area contributed by atoms with Gasteiger partial charge in [-0.05, 0) is 29.8 Å². The molecule has 0 aliphatic heterocycles. The van der Waals surface area contributed by atoms with Crippen LogP contribution in [0.3, 0.4) is 0 Å². The van der Waals surface area contributed by atoms with Gasteiger partial charge in [-0.25, -0.2) is 0 Å². The van der Waals surface area contributed by atoms with Gasteiger partial charge in [0.25, 0.3) is 0 Å². The summed E-state index contributed by atoms with van der Waals surface area (Å²) >= 11 is 5.23. The van der Waals surface area contributed by atoms with Gasteiger partial charge < -0.3 is 5.73 Å². The molecule has 1 aromatic heterocycles. The Kier molecular flexibility index (Phi) is 4.59. The number of hydrogen-bond donors (Lipinski definition) is 1. The van der Waals surface area contributed by atoms with Gasteiger partial charge in [0.05, 0.1) is 0 Å². The van der Waals surface area contributed by atoms with E-state index in [1.54, 1.807) is 18.0 Å². The Morgan fingerprint density at radius 2 is 2.18 bits per heavy atom. The van der Waals surface area contributed by atoms with Gasteiger partial charge in [-0.1, -0.05) is 28.1 Å². The summed E-state index contributed by atoms with van der Waals surface area (Å²) in [5.74, 6) is 0. The van der Waals surface area contributed by atoms with E-state index in [0.29, 0.717) is 6.54 Å². The summed E-state index contributed by atoms with van der Waals surface area (Å²) in [6.07, 6.45) is 3.66. The molecule has 0 radical (unpaired) electrons. The minimum Gasteiger partial charge on any atom is -0.329 e. The van der Waals surface area contributed by atoms with Gasteiger partial charge in [0.2, 0.25) is 0 Å². The molecule has 2 N–H and O–H groups in total. The summed E-state index contributed by atoms with van der Waals surface area (Å²) in [7, 11) is 0. The molecule has 0 saturated carbocycles. The van der Waals surface area contributed by atoms with E-state index in [4.69, 9.17) is 5.73 Å². The Balaban J connectivity index is 2.16. The van der Waals surface area contributed by atoms with Crippen molar-refractivity contribution >= 4 is 27.7 Å². The summed E-state index contributed by atoms with van der Waals surface area (Å²) in [5, 5.41) is 0.248. The van der Waals surface area contributed by atoms with E-state index in [2.05, 4.69) is 39.1 Å². The lowest BCUT2D eigenvalue weighted by molar-refractivity contribution is 0.932. The average molecular weight is 309 g/mol. The summed E-state index contributed by atoms with van der Waals surface area (Å²) < 4.78 is 1.09. The predicted molar refractivity (Wildman–Crippen MR) is 76.0 cm³/mol. The van der Waals surface area contributed by atoms with Crippen molar-refractivity contribution in [2.24, 2.45) is 5.73 Å². The van der Waals surface area contributed by atoms with Crippen LogP contribution in [-0.2, 0) is 0 Å². The molecule has 0 fully saturated rings. The maximum atomic E-state index is 5.83. The Morgan fingerprint density at radius 1 is 1.29 bits per heavy atom. The molecule has 17 heavy (non-hydrogen) atoms. The molecule has 88 valence electrons. The topological polar surface area (TPSA) is 38.9 Å². The van der Waals surface area contributed by atoms with Crippen molar-refractivity contribution < 1.29 is 0 Å². The van der Waals surface area contributed by atoms with Crippen molar-refractivity contribution in [3.05, 3.63) is 58.8 Å². The lowest BCUT2D eigenvalue weighted by Gasteiger charge is -2.14. The fourth-order valence-corrected chi connectivity index (χ4v) is 3.13. The average Bonchev–Trinajstić information content (AvgIpc) is 2.37. The molecule has 0 aliphatic rings. The minimum absolute atomic E-state index is 0.248. The fourth-order valence-electron chi connectivity index (χ4n) is 1.52. The quantitative estimate of drug-likeness (QED) is 0.877. The van der Waals surface area contributed by atoms with Crippen molar-refractivity contribution in [2.75, 3.05) is 6.54 Å². The third kappa shape index (κ3) is 3.56. The third-order valence-electron chi connectivity index (χ3n) is 2.34. The van der Waals surface area contributed by atoms with E-state index in [1.807, 2.05) is 24.4 Å². The summed E-state index contributed by atoms with van der Waals surface area (Å²) in [6.45, 7) is 0.600. The first-order valence-electron chi connectivity index (χ1n) is 5.32. The first-order chi connectivity index (χ1) is 8.29. The van der Waals surface area contributed by atoms with E-state index in [1.165, 1.54) is 10.5 Å². The van der Waals surface area contributed by atoms with E-state index in [9.17, 15) is 0 Å². The minimum atomic E-state index is 0.248. The number of benzene rings is 1. The second kappa shape index (κ2) is 6.19. The summed E-state index contributed by atoms with van der Waals surface area (Å²) in [5.41, 5.74) is 7.00. The number of halogens is 1. The highest BCUT2D eigenvalue weighted by molar-refractivity contribution is 9.10. The fraction of sp³-hybridized carbons (Fsp3) is 0.154. The Bertz CT molecular complexity index is 476. The Morgan fingerprint density at radius 3 is 2.82 bits per heavy atom. The van der Waals surface area contributed by atoms with Crippen LogP contribution in [-0.4, -0.2) is 11.5 Å². The van der Waals surface area contributed by atoms with Crippen LogP contribution in [0.25, 0.3) is 0 Å². The van der Waals surface area contributed by atoms with Crippen molar-refractivity contribution in [3.63, 3.8) is 0 Å². The zero-order valence-electron chi connectivity index (χ0n) is 9.21. The molecule has 1 heterocycles. The van der Waals surface area contributed by atoms with Gasteiger partial charge in [0.15, 0.2) is 0 Å². The van der Waals surface area contributed by atoms with Crippen LogP contribution in [0.4, 0.5) is 0 Å². The standard InChI is InChI=1S/C13H13BrN2S/c14-11-4-1-5-12(7-11)17-13(8-15)10-3-2-6-16-9-10/h1-7,9,13H,8,15H2. The van der Waals surface area contributed by atoms with Crippen molar-refractivity contribution in [3.8, 4) is 0 Å². The van der Waals surface area contributed by atoms with E-state index >= 15 is 0 Å². The SMILES string of the molecule is NCC(Sc1cccc(Br)c1)c1cccnc1. The molecule has 2 rings (SSSR count). The highest BCUT2D eigenvalue weighted by Crippen LogP contribution is 2.34. The molecule has 2 nitrogen and oxygen atoms in total. The van der Waals surface area contributed by atoms with Crippen LogP contribution in [0.2, 0.25) is 0 Å². The zero-order chi connectivity index (χ0) is 12.1. The largest absolute Gasteiger partial charge is 0.329 e. The van der Waals surface area contributed by atoms with Crippen LogP contribution < -0.4 is 5.73 Å². The van der Waals surface area contributed by atoms with Crippen LogP contribution in [0.15, 0.2) is 58.2 Å². The van der Waals surface area contributed by atoms with Gasteiger partial charge in [-0.3, -0.25) is 4.98 Å². The monoisotopic (exact) mass is 308 g/mol. The molecule has 0 bridgehead atoms. The number of rotatable bonds is 4. The molecule has 4 heteroatoms. The van der Waals surface area contributed by atoms with E-state index in [-0.39, 0.29) is 5.25 Å². The lowest BCUT2D eigenvalue weighted by Crippen LogP contribution is -2.09. The highest BCUT2D eigenvalue weighted by atomic mass is 79.9. The molecular weight excluding hydrogens is 296 g/mol. The molecule has 1 aromatic carbocycles. The van der Waals surface area contributed by atoms with E-state index < -0.39 is 0 Å². The van der Waals surface area contributed by atoms with Crippen LogP contribution in [0, 0.1) is 0 Å². The molecule has 0 aliphatic carbocycles. The number of thioether (sulfide) groups is 1. The summed E-state index contributed by atoms with van der Waals surface area (Å²) in [6, 6.07) is 12.3. The third-order valence-corrected chi connectivity index (χ3v) is 4.11. The number of hydrogen-bond acceptors (Lipinski definition) is 3. The van der Waals surface area contributed by atoms with Crippen molar-refractivity contribution in [2.45, 2.75) is 10.1 Å². The Hall–Kier alpha value is -0.840. The number of nitrogens with two attached hydrogens (primary N) is 1. The first kappa shape index (κ1) is 12.6. The smallest absolute Gasteiger partial charge is 0.0482 e. The zero-order valence-corrected chi connectivity index (χ0v) is 11.6. The maximum absolute atomic E-state index is 5.83. The van der Waals surface area contributed by atoms with Gasteiger partial charge in [0, 0.05) is 33.6 Å². The molecular formula is C13H13BrN2S. The molecule has 2 aromatic rings. The van der Waals surface area contributed by atoms with Gasteiger partial charge >= 0.3 is 0 Å². The molecule has 0 amide bonds. The van der Waals surface area contributed by atoms with Gasteiger partial charge in [0.1, 0.15) is 0 Å². The number of aromatic nitrogens is 1. The predicted octanol–water partition coefficient (Wildman–Crippen LogP) is 3.64. The van der Waals surface area contributed by atoms with Crippen molar-refractivity contribution in [1.82, 2.24) is 4.98 Å². The van der Waals surface area contributed by atoms with Gasteiger partial charge in [-0.15, -0.1) is 11.8 Å². The maximum Gasteiger partial charge on any atom is 0.0482 e. The molecule has 1 atom stereocenters. The molecule has 0 spiro atoms. The number of pyridine rings is 1. The van der Waals surface area contributed by atoms with Crippen LogP contribution in [0.5, 0.6) is 0 Å². The van der Waals surface area contributed by atoms with Crippen LogP contribution in [0.1, 0.15) is 10.8 Å². The number of nitrogens with zero attached hydrogens (tertiary/aromatic N) is 1.